The molecule has 0 bridgehead atoms. The Balaban J connectivity index is 1.79. The highest BCUT2D eigenvalue weighted by Gasteiger charge is 2.12. The summed E-state index contributed by atoms with van der Waals surface area (Å²) in [6, 6.07) is 7.90. The number of carbonyl (C=O) groups excluding carboxylic acids is 1. The molecule has 0 N–H and O–H groups in total. The minimum absolute atomic E-state index is 0.758. The van der Waals surface area contributed by atoms with Crippen molar-refractivity contribution in [3.05, 3.63) is 35.4 Å². The van der Waals surface area contributed by atoms with Crippen LogP contribution in [0.2, 0.25) is 0 Å². The molecule has 0 amide bonds. The largest absolute Gasteiger partial charge is 0.304 e. The lowest BCUT2D eigenvalue weighted by atomic mass is 10.1. The molecule has 1 aliphatic rings. The van der Waals surface area contributed by atoms with Gasteiger partial charge in [-0.05, 0) is 19.0 Å². The molecule has 1 fully saturated rings. The number of likely N-dealkylation sites (N-methyl/N-ethyl adjacent to an activating group) is 1. The first-order chi connectivity index (χ1) is 8.28. The zero-order chi connectivity index (χ0) is 12.1. The van der Waals surface area contributed by atoms with Gasteiger partial charge in [0.25, 0.3) is 0 Å². The number of hydrogen-bond donors (Lipinski definition) is 0. The molecule has 0 saturated carbocycles. The van der Waals surface area contributed by atoms with Crippen LogP contribution in [0.3, 0.4) is 0 Å². The van der Waals surface area contributed by atoms with Crippen molar-refractivity contribution >= 4 is 6.29 Å². The van der Waals surface area contributed by atoms with Crippen LogP contribution in [0.1, 0.15) is 15.9 Å². The fourth-order valence-electron chi connectivity index (χ4n) is 2.12. The van der Waals surface area contributed by atoms with Crippen molar-refractivity contribution in [3.8, 4) is 0 Å². The van der Waals surface area contributed by atoms with Gasteiger partial charge in [-0.2, -0.15) is 0 Å². The van der Waals surface area contributed by atoms with E-state index in [0.717, 1.165) is 24.8 Å². The molecule has 0 spiro atoms. The fraction of sp³-hybridized carbons (Fsp3) is 0.500. The highest BCUT2D eigenvalue weighted by atomic mass is 16.1. The predicted molar refractivity (Wildman–Crippen MR) is 69.5 cm³/mol. The average Bonchev–Trinajstić information content (AvgIpc) is 2.39. The number of rotatable bonds is 4. The molecule has 1 aromatic rings. The minimum atomic E-state index is 0.758. The van der Waals surface area contributed by atoms with Crippen LogP contribution < -0.4 is 0 Å². The maximum Gasteiger partial charge on any atom is 0.150 e. The number of piperazine rings is 1. The molecule has 1 aromatic carbocycles. The highest BCUT2D eigenvalue weighted by Crippen LogP contribution is 2.06. The molecule has 0 radical (unpaired) electrons. The van der Waals surface area contributed by atoms with Gasteiger partial charge in [-0.15, -0.1) is 0 Å². The second-order valence-electron chi connectivity index (χ2n) is 4.75. The van der Waals surface area contributed by atoms with Crippen LogP contribution >= 0.6 is 0 Å². The summed E-state index contributed by atoms with van der Waals surface area (Å²) in [7, 11) is 2.18. The van der Waals surface area contributed by atoms with Crippen molar-refractivity contribution in [2.45, 2.75) is 6.42 Å². The molecule has 0 aromatic heterocycles. The predicted octanol–water partition coefficient (Wildman–Crippen LogP) is 1.29. The van der Waals surface area contributed by atoms with Crippen molar-refractivity contribution < 1.29 is 4.79 Å². The number of nitrogens with zero attached hydrogens (tertiary/aromatic N) is 2. The Morgan fingerprint density at radius 2 is 1.76 bits per heavy atom. The van der Waals surface area contributed by atoms with Crippen LogP contribution in [0.25, 0.3) is 0 Å². The van der Waals surface area contributed by atoms with E-state index >= 15 is 0 Å². The molecule has 0 atom stereocenters. The van der Waals surface area contributed by atoms with Crippen LogP contribution in [0, 0.1) is 0 Å². The van der Waals surface area contributed by atoms with Crippen LogP contribution in [-0.2, 0) is 6.42 Å². The van der Waals surface area contributed by atoms with Crippen molar-refractivity contribution in [1.82, 2.24) is 9.80 Å². The third-order valence-electron chi connectivity index (χ3n) is 3.43. The molecular weight excluding hydrogens is 212 g/mol. The first-order valence-corrected chi connectivity index (χ1v) is 6.23. The van der Waals surface area contributed by atoms with Crippen molar-refractivity contribution in [2.24, 2.45) is 0 Å². The zero-order valence-electron chi connectivity index (χ0n) is 10.4. The minimum Gasteiger partial charge on any atom is -0.304 e. The molecule has 92 valence electrons. The summed E-state index contributed by atoms with van der Waals surface area (Å²) < 4.78 is 0. The highest BCUT2D eigenvalue weighted by molar-refractivity contribution is 5.74. The third-order valence-corrected chi connectivity index (χ3v) is 3.43. The molecule has 3 nitrogen and oxygen atoms in total. The van der Waals surface area contributed by atoms with Crippen molar-refractivity contribution in [2.75, 3.05) is 39.8 Å². The van der Waals surface area contributed by atoms with Gasteiger partial charge in [0.1, 0.15) is 6.29 Å². The van der Waals surface area contributed by atoms with E-state index in [4.69, 9.17) is 0 Å². The molecule has 0 aliphatic carbocycles. The summed E-state index contributed by atoms with van der Waals surface area (Å²) in [6.07, 6.45) is 1.97. The number of aldehydes is 1. The molecule has 1 aliphatic heterocycles. The standard InChI is InChI=1S/C14H20N2O/c1-15-8-10-16(11-9-15)7-6-13-2-4-14(12-17)5-3-13/h2-5,12H,6-11H2,1H3. The van der Waals surface area contributed by atoms with Crippen LogP contribution in [-0.4, -0.2) is 55.9 Å². The monoisotopic (exact) mass is 232 g/mol. The number of carbonyl (C=O) groups is 1. The molecular formula is C14H20N2O. The topological polar surface area (TPSA) is 23.6 Å². The fourth-order valence-corrected chi connectivity index (χ4v) is 2.12. The summed E-state index contributed by atoms with van der Waals surface area (Å²) in [5, 5.41) is 0. The van der Waals surface area contributed by atoms with E-state index in [2.05, 4.69) is 29.0 Å². The molecule has 0 unspecified atom stereocenters. The quantitative estimate of drug-likeness (QED) is 0.731. The van der Waals surface area contributed by atoms with Gasteiger partial charge < -0.3 is 9.80 Å². The molecule has 17 heavy (non-hydrogen) atoms. The van der Waals surface area contributed by atoms with E-state index in [1.807, 2.05) is 12.1 Å². The van der Waals surface area contributed by atoms with Gasteiger partial charge in [0.15, 0.2) is 0 Å². The molecule has 1 saturated heterocycles. The van der Waals surface area contributed by atoms with Gasteiger partial charge in [-0.3, -0.25) is 4.79 Å². The summed E-state index contributed by atoms with van der Waals surface area (Å²) in [5.74, 6) is 0. The van der Waals surface area contributed by atoms with Gasteiger partial charge >= 0.3 is 0 Å². The van der Waals surface area contributed by atoms with Crippen LogP contribution in [0.5, 0.6) is 0 Å². The van der Waals surface area contributed by atoms with Gasteiger partial charge in [0.05, 0.1) is 0 Å². The second kappa shape index (κ2) is 5.94. The Morgan fingerprint density at radius 3 is 2.35 bits per heavy atom. The van der Waals surface area contributed by atoms with E-state index in [1.54, 1.807) is 0 Å². The first-order valence-electron chi connectivity index (χ1n) is 6.23. The van der Waals surface area contributed by atoms with E-state index in [9.17, 15) is 4.79 Å². The molecule has 1 heterocycles. The van der Waals surface area contributed by atoms with Gasteiger partial charge in [-0.1, -0.05) is 24.3 Å². The Kier molecular flexibility index (Phi) is 4.29. The Labute approximate surface area is 103 Å². The Bertz CT molecular complexity index is 353. The van der Waals surface area contributed by atoms with Crippen molar-refractivity contribution in [1.29, 1.82) is 0 Å². The summed E-state index contributed by atoms with van der Waals surface area (Å²) >= 11 is 0. The Morgan fingerprint density at radius 1 is 1.12 bits per heavy atom. The Hall–Kier alpha value is -1.19. The number of benzene rings is 1. The van der Waals surface area contributed by atoms with Gasteiger partial charge in [0.2, 0.25) is 0 Å². The van der Waals surface area contributed by atoms with Gasteiger partial charge in [-0.25, -0.2) is 0 Å². The summed E-state index contributed by atoms with van der Waals surface area (Å²) in [6.45, 7) is 5.80. The second-order valence-corrected chi connectivity index (χ2v) is 4.75. The lowest BCUT2D eigenvalue weighted by molar-refractivity contribution is 0.112. The molecule has 2 rings (SSSR count). The third kappa shape index (κ3) is 3.65. The smallest absolute Gasteiger partial charge is 0.150 e. The average molecular weight is 232 g/mol. The zero-order valence-corrected chi connectivity index (χ0v) is 10.4. The van der Waals surface area contributed by atoms with E-state index < -0.39 is 0 Å². The van der Waals surface area contributed by atoms with Crippen molar-refractivity contribution in [3.63, 3.8) is 0 Å². The van der Waals surface area contributed by atoms with E-state index in [-0.39, 0.29) is 0 Å². The summed E-state index contributed by atoms with van der Waals surface area (Å²) in [4.78, 5) is 15.4. The number of hydrogen-bond acceptors (Lipinski definition) is 3. The maximum absolute atomic E-state index is 10.5. The van der Waals surface area contributed by atoms with E-state index in [0.29, 0.717) is 0 Å². The van der Waals surface area contributed by atoms with Crippen LogP contribution in [0.4, 0.5) is 0 Å². The van der Waals surface area contributed by atoms with Gasteiger partial charge in [0, 0.05) is 38.3 Å². The normalized spacial score (nSPS) is 18.2. The van der Waals surface area contributed by atoms with E-state index in [1.165, 1.54) is 31.7 Å². The molecule has 3 heteroatoms. The first kappa shape index (κ1) is 12.3. The maximum atomic E-state index is 10.5. The summed E-state index contributed by atoms with van der Waals surface area (Å²) in [5.41, 5.74) is 2.07. The lowest BCUT2D eigenvalue weighted by Crippen LogP contribution is -2.45. The lowest BCUT2D eigenvalue weighted by Gasteiger charge is -2.32. The van der Waals surface area contributed by atoms with Crippen LogP contribution in [0.15, 0.2) is 24.3 Å². The SMILES string of the molecule is CN1CCN(CCc2ccc(C=O)cc2)CC1.